The van der Waals surface area contributed by atoms with Crippen LogP contribution < -0.4 is 4.74 Å². The SMILES string of the molecule is CCCCSCC(O)COc1cccc(C(=O)CO)c1. The van der Waals surface area contributed by atoms with Crippen LogP contribution in [0.1, 0.15) is 30.1 Å². The smallest absolute Gasteiger partial charge is 0.188 e. The predicted octanol–water partition coefficient (Wildman–Crippen LogP) is 2.13. The van der Waals surface area contributed by atoms with Gasteiger partial charge in [0, 0.05) is 11.3 Å². The maximum absolute atomic E-state index is 11.3. The van der Waals surface area contributed by atoms with Crippen molar-refractivity contribution in [2.45, 2.75) is 25.9 Å². The number of ketones is 1. The summed E-state index contributed by atoms with van der Waals surface area (Å²) >= 11 is 1.72. The standard InChI is InChI=1S/C15H22O4S/c1-2-3-7-20-11-13(17)10-19-14-6-4-5-12(8-14)15(18)9-16/h4-6,8,13,16-17H,2-3,7,9-11H2,1H3. The number of unbranched alkanes of at least 4 members (excludes halogenated alkanes) is 1. The second kappa shape index (κ2) is 9.80. The van der Waals surface area contributed by atoms with Gasteiger partial charge in [-0.3, -0.25) is 4.79 Å². The maximum Gasteiger partial charge on any atom is 0.188 e. The van der Waals surface area contributed by atoms with Crippen LogP contribution in [0.3, 0.4) is 0 Å². The van der Waals surface area contributed by atoms with E-state index in [1.165, 1.54) is 0 Å². The monoisotopic (exact) mass is 298 g/mol. The highest BCUT2D eigenvalue weighted by Gasteiger charge is 2.08. The van der Waals surface area contributed by atoms with Crippen molar-refractivity contribution >= 4 is 17.5 Å². The average molecular weight is 298 g/mol. The zero-order valence-electron chi connectivity index (χ0n) is 11.7. The van der Waals surface area contributed by atoms with Crippen LogP contribution in [0.5, 0.6) is 5.75 Å². The Morgan fingerprint density at radius 1 is 1.45 bits per heavy atom. The summed E-state index contributed by atoms with van der Waals surface area (Å²) in [6.07, 6.45) is 1.79. The van der Waals surface area contributed by atoms with Gasteiger partial charge >= 0.3 is 0 Å². The molecule has 1 unspecified atom stereocenters. The molecule has 1 aromatic carbocycles. The molecule has 0 spiro atoms. The molecular formula is C15H22O4S. The van der Waals surface area contributed by atoms with Crippen molar-refractivity contribution in [2.75, 3.05) is 24.7 Å². The van der Waals surface area contributed by atoms with Gasteiger partial charge in [0.15, 0.2) is 5.78 Å². The van der Waals surface area contributed by atoms with E-state index in [0.717, 1.165) is 18.6 Å². The lowest BCUT2D eigenvalue weighted by molar-refractivity contribution is 0.0903. The van der Waals surface area contributed by atoms with E-state index >= 15 is 0 Å². The van der Waals surface area contributed by atoms with E-state index in [-0.39, 0.29) is 12.4 Å². The molecule has 0 saturated carbocycles. The number of ether oxygens (including phenoxy) is 1. The number of thioether (sulfide) groups is 1. The van der Waals surface area contributed by atoms with Gasteiger partial charge in [-0.1, -0.05) is 25.5 Å². The van der Waals surface area contributed by atoms with Gasteiger partial charge in [-0.15, -0.1) is 0 Å². The molecule has 0 aromatic heterocycles. The van der Waals surface area contributed by atoms with Crippen molar-refractivity contribution < 1.29 is 19.7 Å². The minimum atomic E-state index is -0.519. The van der Waals surface area contributed by atoms with Crippen LogP contribution in [0.2, 0.25) is 0 Å². The average Bonchev–Trinajstić information content (AvgIpc) is 2.49. The molecule has 20 heavy (non-hydrogen) atoms. The fourth-order valence-corrected chi connectivity index (χ4v) is 2.58. The first kappa shape index (κ1) is 17.0. The number of hydrogen-bond acceptors (Lipinski definition) is 5. The molecule has 0 fully saturated rings. The van der Waals surface area contributed by atoms with Crippen molar-refractivity contribution in [3.8, 4) is 5.75 Å². The molecule has 1 atom stereocenters. The van der Waals surface area contributed by atoms with Crippen molar-refractivity contribution in [1.82, 2.24) is 0 Å². The normalized spacial score (nSPS) is 12.2. The number of benzene rings is 1. The van der Waals surface area contributed by atoms with Crippen LogP contribution in [-0.4, -0.2) is 46.8 Å². The summed E-state index contributed by atoms with van der Waals surface area (Å²) < 4.78 is 5.46. The first-order valence-corrected chi connectivity index (χ1v) is 7.95. The van der Waals surface area contributed by atoms with Crippen molar-refractivity contribution in [3.63, 3.8) is 0 Å². The third-order valence-electron chi connectivity index (χ3n) is 2.69. The molecule has 1 aromatic rings. The van der Waals surface area contributed by atoms with E-state index in [1.54, 1.807) is 36.0 Å². The Morgan fingerprint density at radius 2 is 2.25 bits per heavy atom. The molecule has 0 aliphatic heterocycles. The fourth-order valence-electron chi connectivity index (χ4n) is 1.56. The molecule has 112 valence electrons. The van der Waals surface area contributed by atoms with Crippen molar-refractivity contribution in [1.29, 1.82) is 0 Å². The Balaban J connectivity index is 2.35. The summed E-state index contributed by atoms with van der Waals surface area (Å²) in [6, 6.07) is 6.63. The summed E-state index contributed by atoms with van der Waals surface area (Å²) in [5.41, 5.74) is 0.414. The summed E-state index contributed by atoms with van der Waals surface area (Å²) in [5, 5.41) is 18.6. The van der Waals surface area contributed by atoms with Gasteiger partial charge in [0.1, 0.15) is 19.0 Å². The molecule has 4 nitrogen and oxygen atoms in total. The summed E-state index contributed by atoms with van der Waals surface area (Å²) in [4.78, 5) is 11.3. The highest BCUT2D eigenvalue weighted by molar-refractivity contribution is 7.99. The lowest BCUT2D eigenvalue weighted by atomic mass is 10.1. The Kier molecular flexibility index (Phi) is 8.34. The minimum Gasteiger partial charge on any atom is -0.491 e. The van der Waals surface area contributed by atoms with Crippen LogP contribution in [-0.2, 0) is 0 Å². The first-order chi connectivity index (χ1) is 9.67. The van der Waals surface area contributed by atoms with Gasteiger partial charge in [-0.25, -0.2) is 0 Å². The van der Waals surface area contributed by atoms with Crippen LogP contribution in [0.4, 0.5) is 0 Å². The number of rotatable bonds is 10. The van der Waals surface area contributed by atoms with E-state index in [1.807, 2.05) is 0 Å². The quantitative estimate of drug-likeness (QED) is 0.512. The van der Waals surface area contributed by atoms with Crippen molar-refractivity contribution in [2.24, 2.45) is 0 Å². The molecule has 0 aliphatic rings. The highest BCUT2D eigenvalue weighted by atomic mass is 32.2. The number of carbonyl (C=O) groups excluding carboxylic acids is 1. The van der Waals surface area contributed by atoms with E-state index in [9.17, 15) is 9.90 Å². The zero-order chi connectivity index (χ0) is 14.8. The van der Waals surface area contributed by atoms with E-state index in [0.29, 0.717) is 17.1 Å². The lowest BCUT2D eigenvalue weighted by Crippen LogP contribution is -2.20. The number of aliphatic hydroxyl groups excluding tert-OH is 2. The van der Waals surface area contributed by atoms with Crippen LogP contribution >= 0.6 is 11.8 Å². The molecule has 0 radical (unpaired) electrons. The fraction of sp³-hybridized carbons (Fsp3) is 0.533. The van der Waals surface area contributed by atoms with Crippen molar-refractivity contribution in [3.05, 3.63) is 29.8 Å². The van der Waals surface area contributed by atoms with Crippen LogP contribution in [0.15, 0.2) is 24.3 Å². The van der Waals surface area contributed by atoms with Gasteiger partial charge in [0.2, 0.25) is 0 Å². The molecule has 0 amide bonds. The third kappa shape index (κ3) is 6.41. The second-order valence-corrected chi connectivity index (χ2v) is 5.65. The molecule has 2 N–H and O–H groups in total. The van der Waals surface area contributed by atoms with E-state index < -0.39 is 12.7 Å². The molecule has 1 rings (SSSR count). The maximum atomic E-state index is 11.3. The summed E-state index contributed by atoms with van der Waals surface area (Å²) in [7, 11) is 0. The largest absolute Gasteiger partial charge is 0.491 e. The van der Waals surface area contributed by atoms with Gasteiger partial charge in [0.25, 0.3) is 0 Å². The van der Waals surface area contributed by atoms with Gasteiger partial charge in [0.05, 0.1) is 6.10 Å². The molecule has 5 heteroatoms. The molecule has 0 saturated heterocycles. The summed E-state index contributed by atoms with van der Waals surface area (Å²) in [5.74, 6) is 1.89. The molecule has 0 heterocycles. The third-order valence-corrected chi connectivity index (χ3v) is 3.89. The number of aliphatic hydroxyl groups is 2. The Bertz CT molecular complexity index is 409. The van der Waals surface area contributed by atoms with Crippen LogP contribution in [0, 0.1) is 0 Å². The van der Waals surface area contributed by atoms with Gasteiger partial charge < -0.3 is 14.9 Å². The molecular weight excluding hydrogens is 276 g/mol. The molecule has 0 aliphatic carbocycles. The lowest BCUT2D eigenvalue weighted by Gasteiger charge is -2.12. The van der Waals surface area contributed by atoms with Gasteiger partial charge in [-0.05, 0) is 24.3 Å². The van der Waals surface area contributed by atoms with Gasteiger partial charge in [-0.2, -0.15) is 11.8 Å². The predicted molar refractivity (Wildman–Crippen MR) is 81.6 cm³/mol. The van der Waals surface area contributed by atoms with E-state index in [2.05, 4.69) is 6.92 Å². The van der Waals surface area contributed by atoms with Crippen LogP contribution in [0.25, 0.3) is 0 Å². The summed E-state index contributed by atoms with van der Waals surface area (Å²) in [6.45, 7) is 1.83. The Labute approximate surface area is 124 Å². The number of hydrogen-bond donors (Lipinski definition) is 2. The topological polar surface area (TPSA) is 66.8 Å². The van der Waals surface area contributed by atoms with E-state index in [4.69, 9.17) is 9.84 Å². The Hall–Kier alpha value is -1.04. The number of carbonyl (C=O) groups is 1. The Morgan fingerprint density at radius 3 is 2.95 bits per heavy atom. The molecule has 0 bridgehead atoms. The zero-order valence-corrected chi connectivity index (χ0v) is 12.6. The first-order valence-electron chi connectivity index (χ1n) is 6.80. The minimum absolute atomic E-state index is 0.204. The second-order valence-electron chi connectivity index (χ2n) is 4.50. The number of Topliss-reactive ketones (excluding diaryl/α,β-unsaturated/α-hetero) is 1. The highest BCUT2D eigenvalue weighted by Crippen LogP contribution is 2.15.